The lowest BCUT2D eigenvalue weighted by Crippen LogP contribution is -2.30. The number of benzene rings is 2. The average Bonchev–Trinajstić information content (AvgIpc) is 3.10. The highest BCUT2D eigenvalue weighted by atomic mass is 32.2. The smallest absolute Gasteiger partial charge is 0.238 e. The molecule has 7 heteroatoms. The average molecular weight is 433 g/mol. The minimum absolute atomic E-state index is 0.0342. The van der Waals surface area contributed by atoms with Crippen molar-refractivity contribution < 1.29 is 18.4 Å². The number of hydrogen-bond acceptors (Lipinski definition) is 3. The summed E-state index contributed by atoms with van der Waals surface area (Å²) >= 11 is 1.35. The predicted molar refractivity (Wildman–Crippen MR) is 117 cm³/mol. The van der Waals surface area contributed by atoms with E-state index >= 15 is 0 Å². The van der Waals surface area contributed by atoms with E-state index in [1.165, 1.54) is 22.7 Å². The van der Waals surface area contributed by atoms with Crippen LogP contribution in [0.3, 0.4) is 0 Å². The summed E-state index contributed by atoms with van der Waals surface area (Å²) in [7, 11) is 0. The molecule has 4 nitrogen and oxygen atoms in total. The molecule has 0 unspecified atom stereocenters. The molecule has 1 aliphatic heterocycles. The molecule has 2 aromatic rings. The minimum atomic E-state index is -0.789. The fourth-order valence-electron chi connectivity index (χ4n) is 3.62. The van der Waals surface area contributed by atoms with E-state index in [1.807, 2.05) is 25.1 Å². The summed E-state index contributed by atoms with van der Waals surface area (Å²) < 4.78 is 27.8. The quantitative estimate of drug-likeness (QED) is 0.565. The number of unbranched alkanes of at least 4 members (excludes halogenated alkanes) is 1. The van der Waals surface area contributed by atoms with Gasteiger partial charge in [0.15, 0.2) is 0 Å². The highest BCUT2D eigenvalue weighted by Gasteiger charge is 2.37. The molecule has 0 saturated carbocycles. The summed E-state index contributed by atoms with van der Waals surface area (Å²) in [5, 5.41) is 2.50. The Labute approximate surface area is 180 Å². The molecule has 30 heavy (non-hydrogen) atoms. The molecule has 0 bridgehead atoms. The third-order valence-electron chi connectivity index (χ3n) is 5.29. The highest BCUT2D eigenvalue weighted by Crippen LogP contribution is 2.45. The second-order valence-electron chi connectivity index (χ2n) is 7.35. The maximum atomic E-state index is 14.4. The van der Waals surface area contributed by atoms with Gasteiger partial charge < -0.3 is 5.32 Å². The first-order valence-electron chi connectivity index (χ1n) is 10.2. The van der Waals surface area contributed by atoms with Crippen molar-refractivity contribution in [3.63, 3.8) is 0 Å². The lowest BCUT2D eigenvalue weighted by Gasteiger charge is -2.27. The van der Waals surface area contributed by atoms with E-state index in [0.29, 0.717) is 5.69 Å². The van der Waals surface area contributed by atoms with Crippen molar-refractivity contribution in [2.45, 2.75) is 44.9 Å². The fourth-order valence-corrected chi connectivity index (χ4v) is 4.83. The second-order valence-corrected chi connectivity index (χ2v) is 8.42. The molecular weight excluding hydrogens is 406 g/mol. The van der Waals surface area contributed by atoms with Gasteiger partial charge in [-0.15, -0.1) is 11.8 Å². The van der Waals surface area contributed by atoms with Gasteiger partial charge >= 0.3 is 0 Å². The Kier molecular flexibility index (Phi) is 7.48. The Morgan fingerprint density at radius 1 is 1.23 bits per heavy atom. The van der Waals surface area contributed by atoms with Gasteiger partial charge in [-0.05, 0) is 31.0 Å². The maximum absolute atomic E-state index is 14.4. The third-order valence-corrected chi connectivity index (χ3v) is 6.49. The zero-order valence-electron chi connectivity index (χ0n) is 17.2. The summed E-state index contributed by atoms with van der Waals surface area (Å²) in [6, 6.07) is 10.4. The number of thioether (sulfide) groups is 1. The van der Waals surface area contributed by atoms with Crippen LogP contribution in [-0.4, -0.2) is 17.6 Å². The largest absolute Gasteiger partial charge is 0.325 e. The van der Waals surface area contributed by atoms with E-state index in [4.69, 9.17) is 0 Å². The lowest BCUT2D eigenvalue weighted by molar-refractivity contribution is -0.120. The summed E-state index contributed by atoms with van der Waals surface area (Å²) in [5.41, 5.74) is 1.36. The number of nitrogens with zero attached hydrogens (tertiary/aromatic N) is 1. The Bertz CT molecular complexity index is 922. The van der Waals surface area contributed by atoms with Gasteiger partial charge in [-0.3, -0.25) is 14.5 Å². The van der Waals surface area contributed by atoms with Gasteiger partial charge in [-0.1, -0.05) is 44.9 Å². The van der Waals surface area contributed by atoms with Gasteiger partial charge in [-0.2, -0.15) is 0 Å². The number of carbonyl (C=O) groups excluding carboxylic acids is 2. The number of rotatable bonds is 8. The Hall–Kier alpha value is -2.41. The maximum Gasteiger partial charge on any atom is 0.238 e. The number of para-hydroxylation sites is 1. The van der Waals surface area contributed by atoms with Gasteiger partial charge in [-0.25, -0.2) is 8.78 Å². The van der Waals surface area contributed by atoms with Gasteiger partial charge in [0.05, 0.1) is 11.4 Å². The molecule has 1 heterocycles. The van der Waals surface area contributed by atoms with Crippen LogP contribution in [0.2, 0.25) is 0 Å². The number of nitrogens with one attached hydrogen (secondary N) is 1. The monoisotopic (exact) mass is 432 g/mol. The van der Waals surface area contributed by atoms with Crippen LogP contribution in [0.4, 0.5) is 20.2 Å². The van der Waals surface area contributed by atoms with Crippen LogP contribution in [0, 0.1) is 17.6 Å². The Balaban J connectivity index is 1.90. The van der Waals surface area contributed by atoms with E-state index in [2.05, 4.69) is 12.2 Å². The first kappa shape index (κ1) is 22.3. The summed E-state index contributed by atoms with van der Waals surface area (Å²) in [6.45, 7) is 4.09. The van der Waals surface area contributed by atoms with E-state index in [9.17, 15) is 18.4 Å². The Morgan fingerprint density at radius 2 is 2.00 bits per heavy atom. The van der Waals surface area contributed by atoms with Crippen molar-refractivity contribution in [1.29, 1.82) is 0 Å². The summed E-state index contributed by atoms with van der Waals surface area (Å²) in [6.07, 6.45) is 3.58. The van der Waals surface area contributed by atoms with Gasteiger partial charge in [0.1, 0.15) is 17.0 Å². The van der Waals surface area contributed by atoms with Crippen molar-refractivity contribution in [2.75, 3.05) is 16.0 Å². The normalized spacial score (nSPS) is 17.3. The van der Waals surface area contributed by atoms with Crippen molar-refractivity contribution >= 4 is 35.0 Å². The molecule has 0 aliphatic carbocycles. The first-order chi connectivity index (χ1) is 14.5. The topological polar surface area (TPSA) is 49.4 Å². The number of halogens is 2. The number of amides is 2. The fraction of sp³-hybridized carbons (Fsp3) is 0.391. The van der Waals surface area contributed by atoms with Gasteiger partial charge in [0.2, 0.25) is 11.8 Å². The number of carbonyl (C=O) groups is 2. The van der Waals surface area contributed by atoms with Crippen LogP contribution >= 0.6 is 11.8 Å². The van der Waals surface area contributed by atoms with Crippen LogP contribution in [0.1, 0.15) is 50.5 Å². The van der Waals surface area contributed by atoms with E-state index < -0.39 is 17.0 Å². The molecule has 3 rings (SSSR count). The number of hydrogen-bond donors (Lipinski definition) is 1. The number of anilines is 2. The summed E-state index contributed by atoms with van der Waals surface area (Å²) in [4.78, 5) is 26.7. The molecular formula is C23H26F2N2O2S. The molecule has 1 fully saturated rings. The summed E-state index contributed by atoms with van der Waals surface area (Å²) in [5.74, 6) is -1.70. The molecule has 1 N–H and O–H groups in total. The van der Waals surface area contributed by atoms with E-state index in [1.54, 1.807) is 6.07 Å². The van der Waals surface area contributed by atoms with Gasteiger partial charge in [0.25, 0.3) is 0 Å². The van der Waals surface area contributed by atoms with E-state index in [-0.39, 0.29) is 29.2 Å². The van der Waals surface area contributed by atoms with Crippen molar-refractivity contribution in [2.24, 2.45) is 5.92 Å². The standard InChI is InChI=1S/C23H26F2N2O2S/c1-3-5-8-15(4-2)22(29)26-19-10-7-6-9-17(19)23-27(21(28)14-30-23)20-12-11-16(24)13-18(20)25/h6-7,9-13,15,23H,3-5,8,14H2,1-2H3,(H,26,29)/t15-,23-/m0/s1. The molecule has 2 amide bonds. The zero-order valence-corrected chi connectivity index (χ0v) is 18.0. The predicted octanol–water partition coefficient (Wildman–Crippen LogP) is 5.90. The lowest BCUT2D eigenvalue weighted by atomic mass is 9.98. The molecule has 160 valence electrons. The third kappa shape index (κ3) is 4.83. The van der Waals surface area contributed by atoms with Crippen LogP contribution in [0.15, 0.2) is 42.5 Å². The Morgan fingerprint density at radius 3 is 2.70 bits per heavy atom. The molecule has 1 aliphatic rings. The van der Waals surface area contributed by atoms with Crippen molar-refractivity contribution in [1.82, 2.24) is 0 Å². The van der Waals surface area contributed by atoms with Crippen LogP contribution < -0.4 is 10.2 Å². The highest BCUT2D eigenvalue weighted by molar-refractivity contribution is 8.00. The molecule has 2 aromatic carbocycles. The van der Waals surface area contributed by atoms with E-state index in [0.717, 1.165) is 43.4 Å². The van der Waals surface area contributed by atoms with Crippen molar-refractivity contribution in [3.05, 3.63) is 59.7 Å². The van der Waals surface area contributed by atoms with Crippen LogP contribution in [0.5, 0.6) is 0 Å². The molecule has 1 saturated heterocycles. The molecule has 0 radical (unpaired) electrons. The zero-order chi connectivity index (χ0) is 21.7. The van der Waals surface area contributed by atoms with Crippen LogP contribution in [-0.2, 0) is 9.59 Å². The minimum Gasteiger partial charge on any atom is -0.325 e. The molecule has 0 aromatic heterocycles. The van der Waals surface area contributed by atoms with Gasteiger partial charge in [0, 0.05) is 23.2 Å². The molecule has 0 spiro atoms. The van der Waals surface area contributed by atoms with Crippen molar-refractivity contribution in [3.8, 4) is 0 Å². The second kappa shape index (κ2) is 10.1. The van der Waals surface area contributed by atoms with Crippen LogP contribution in [0.25, 0.3) is 0 Å². The SMILES string of the molecule is CCCC[C@H](CC)C(=O)Nc1ccccc1[C@@H]1SCC(=O)N1c1ccc(F)cc1F. The molecule has 2 atom stereocenters. The first-order valence-corrected chi connectivity index (χ1v) is 11.3.